The Morgan fingerprint density at radius 2 is 2.20 bits per heavy atom. The Hall–Kier alpha value is 0.01000. The van der Waals surface area contributed by atoms with E-state index in [0.717, 1.165) is 0 Å². The lowest BCUT2D eigenvalue weighted by atomic mass is 10.3. The minimum Gasteiger partial charge on any atom is -0.468 e. The van der Waals surface area contributed by atoms with E-state index in [2.05, 4.69) is 4.74 Å². The highest BCUT2D eigenvalue weighted by Crippen LogP contribution is 2.23. The molecule has 0 aliphatic carbocycles. The maximum Gasteiger partial charge on any atom is 0.293 e. The molecule has 0 aliphatic rings. The van der Waals surface area contributed by atoms with Gasteiger partial charge in [0, 0.05) is 6.42 Å². The van der Waals surface area contributed by atoms with Crippen LogP contribution in [0, 0.1) is 0 Å². The Labute approximate surface area is 68.9 Å². The number of ether oxygens (including phenoxy) is 1. The number of hydrogen-bond donors (Lipinski definition) is 1. The molecular formula is C5H8Cl2O3. The number of rotatable bonds is 5. The van der Waals surface area contributed by atoms with Gasteiger partial charge in [-0.3, -0.25) is 4.79 Å². The number of carbonyl (C=O) groups is 1. The molecule has 5 heteroatoms. The van der Waals surface area contributed by atoms with Gasteiger partial charge in [-0.25, -0.2) is 0 Å². The maximum atomic E-state index is 9.61. The zero-order valence-corrected chi connectivity index (χ0v) is 6.73. The maximum absolute atomic E-state index is 9.61. The highest BCUT2D eigenvalue weighted by molar-refractivity contribution is 6.48. The molecule has 0 heterocycles. The average molecular weight is 187 g/mol. The molecule has 0 aromatic carbocycles. The van der Waals surface area contributed by atoms with Crippen molar-refractivity contribution >= 4 is 29.7 Å². The fraction of sp³-hybridized carbons (Fsp3) is 0.800. The normalized spacial score (nSPS) is 11.1. The van der Waals surface area contributed by atoms with Gasteiger partial charge in [0.15, 0.2) is 0 Å². The van der Waals surface area contributed by atoms with Crippen LogP contribution in [-0.2, 0) is 9.53 Å². The second-order valence-electron chi connectivity index (χ2n) is 1.73. The van der Waals surface area contributed by atoms with Crippen molar-refractivity contribution in [3.05, 3.63) is 0 Å². The molecule has 0 unspecified atom stereocenters. The van der Waals surface area contributed by atoms with Crippen molar-refractivity contribution in [2.24, 2.45) is 0 Å². The SMILES string of the molecule is O=COCCC(Cl)(Cl)CO. The van der Waals surface area contributed by atoms with Crippen LogP contribution in [0.2, 0.25) is 0 Å². The first-order chi connectivity index (χ1) is 4.62. The van der Waals surface area contributed by atoms with Crippen LogP contribution < -0.4 is 0 Å². The fourth-order valence-corrected chi connectivity index (χ4v) is 0.490. The van der Waals surface area contributed by atoms with E-state index in [-0.39, 0.29) is 19.6 Å². The highest BCUT2D eigenvalue weighted by Gasteiger charge is 2.22. The van der Waals surface area contributed by atoms with Crippen LogP contribution in [0.4, 0.5) is 0 Å². The summed E-state index contributed by atoms with van der Waals surface area (Å²) in [4.78, 5) is 9.61. The summed E-state index contributed by atoms with van der Waals surface area (Å²) in [5, 5.41) is 8.49. The van der Waals surface area contributed by atoms with Gasteiger partial charge in [0.05, 0.1) is 13.2 Å². The largest absolute Gasteiger partial charge is 0.468 e. The van der Waals surface area contributed by atoms with Crippen LogP contribution >= 0.6 is 23.2 Å². The van der Waals surface area contributed by atoms with E-state index in [4.69, 9.17) is 28.3 Å². The minimum absolute atomic E-state index is 0.122. The fourth-order valence-electron chi connectivity index (χ4n) is 0.335. The summed E-state index contributed by atoms with van der Waals surface area (Å²) >= 11 is 11.0. The molecule has 60 valence electrons. The van der Waals surface area contributed by atoms with Crippen molar-refractivity contribution in [1.82, 2.24) is 0 Å². The summed E-state index contributed by atoms with van der Waals surface area (Å²) in [7, 11) is 0. The molecule has 0 aliphatic heterocycles. The van der Waals surface area contributed by atoms with Gasteiger partial charge >= 0.3 is 0 Å². The van der Waals surface area contributed by atoms with Gasteiger partial charge in [0.2, 0.25) is 0 Å². The Balaban J connectivity index is 3.36. The van der Waals surface area contributed by atoms with Crippen molar-refractivity contribution in [2.45, 2.75) is 10.8 Å². The van der Waals surface area contributed by atoms with E-state index in [1.165, 1.54) is 0 Å². The molecule has 0 spiro atoms. The van der Waals surface area contributed by atoms with Crippen LogP contribution in [0.15, 0.2) is 0 Å². The first-order valence-electron chi connectivity index (χ1n) is 2.66. The van der Waals surface area contributed by atoms with Gasteiger partial charge in [0.1, 0.15) is 4.33 Å². The zero-order chi connectivity index (χ0) is 8.04. The number of halogens is 2. The second kappa shape index (κ2) is 4.77. The van der Waals surface area contributed by atoms with E-state index in [9.17, 15) is 4.79 Å². The standard InChI is InChI=1S/C5H8Cl2O3/c6-5(7,3-8)1-2-10-4-9/h4,8H,1-3H2. The molecule has 0 fully saturated rings. The van der Waals surface area contributed by atoms with Crippen molar-refractivity contribution < 1.29 is 14.6 Å². The van der Waals surface area contributed by atoms with Crippen molar-refractivity contribution in [3.63, 3.8) is 0 Å². The third-order valence-corrected chi connectivity index (χ3v) is 1.50. The molecular weight excluding hydrogens is 179 g/mol. The van der Waals surface area contributed by atoms with Gasteiger partial charge in [0.25, 0.3) is 6.47 Å². The van der Waals surface area contributed by atoms with Crippen molar-refractivity contribution in [3.8, 4) is 0 Å². The quantitative estimate of drug-likeness (QED) is 0.391. The van der Waals surface area contributed by atoms with Crippen LogP contribution in [-0.4, -0.2) is 29.1 Å². The number of aliphatic hydroxyl groups excluding tert-OH is 1. The molecule has 0 amide bonds. The van der Waals surface area contributed by atoms with Gasteiger partial charge in [-0.05, 0) is 0 Å². The predicted octanol–water partition coefficient (Wildman–Crippen LogP) is 0.716. The molecule has 0 radical (unpaired) electrons. The lowest BCUT2D eigenvalue weighted by Gasteiger charge is -2.14. The first kappa shape index (κ1) is 10.0. The van der Waals surface area contributed by atoms with Crippen LogP contribution in [0.5, 0.6) is 0 Å². The Morgan fingerprint density at radius 3 is 2.60 bits per heavy atom. The number of hydrogen-bond acceptors (Lipinski definition) is 3. The van der Waals surface area contributed by atoms with Crippen molar-refractivity contribution in [2.75, 3.05) is 13.2 Å². The third kappa shape index (κ3) is 4.85. The molecule has 0 bridgehead atoms. The lowest BCUT2D eigenvalue weighted by Crippen LogP contribution is -2.20. The Morgan fingerprint density at radius 1 is 1.60 bits per heavy atom. The molecule has 1 N–H and O–H groups in total. The van der Waals surface area contributed by atoms with Gasteiger partial charge < -0.3 is 9.84 Å². The Bertz CT molecular complexity index is 105. The molecule has 0 atom stereocenters. The summed E-state index contributed by atoms with van der Waals surface area (Å²) in [5.74, 6) is 0. The summed E-state index contributed by atoms with van der Waals surface area (Å²) in [6.07, 6.45) is 0.228. The summed E-state index contributed by atoms with van der Waals surface area (Å²) in [5.41, 5.74) is 0. The molecule has 10 heavy (non-hydrogen) atoms. The van der Waals surface area contributed by atoms with Crippen molar-refractivity contribution in [1.29, 1.82) is 0 Å². The average Bonchev–Trinajstić information content (AvgIpc) is 1.89. The molecule has 0 aromatic heterocycles. The Kier molecular flexibility index (Phi) is 4.77. The molecule has 0 saturated carbocycles. The summed E-state index contributed by atoms with van der Waals surface area (Å²) < 4.78 is 3.12. The van der Waals surface area contributed by atoms with E-state index in [1.807, 2.05) is 0 Å². The smallest absolute Gasteiger partial charge is 0.293 e. The minimum atomic E-state index is -1.19. The zero-order valence-electron chi connectivity index (χ0n) is 5.22. The van der Waals surface area contributed by atoms with Crippen LogP contribution in [0.3, 0.4) is 0 Å². The second-order valence-corrected chi connectivity index (χ2v) is 3.37. The predicted molar refractivity (Wildman–Crippen MR) is 38.2 cm³/mol. The molecule has 0 rings (SSSR count). The van der Waals surface area contributed by atoms with Gasteiger partial charge in [-0.1, -0.05) is 23.2 Å². The first-order valence-corrected chi connectivity index (χ1v) is 3.42. The lowest BCUT2D eigenvalue weighted by molar-refractivity contribution is -0.128. The monoisotopic (exact) mass is 186 g/mol. The van der Waals surface area contributed by atoms with E-state index in [1.54, 1.807) is 0 Å². The van der Waals surface area contributed by atoms with Gasteiger partial charge in [-0.15, -0.1) is 0 Å². The van der Waals surface area contributed by atoms with Gasteiger partial charge in [-0.2, -0.15) is 0 Å². The third-order valence-electron chi connectivity index (χ3n) is 0.885. The molecule has 3 nitrogen and oxygen atoms in total. The summed E-state index contributed by atoms with van der Waals surface area (Å²) in [6, 6.07) is 0. The van der Waals surface area contributed by atoms with Crippen LogP contribution in [0.25, 0.3) is 0 Å². The van der Waals surface area contributed by atoms with E-state index < -0.39 is 4.33 Å². The van der Waals surface area contributed by atoms with E-state index >= 15 is 0 Å². The van der Waals surface area contributed by atoms with E-state index in [0.29, 0.717) is 6.47 Å². The number of alkyl halides is 2. The molecule has 0 saturated heterocycles. The molecule has 0 aromatic rings. The summed E-state index contributed by atoms with van der Waals surface area (Å²) in [6.45, 7) is 0.0800. The topological polar surface area (TPSA) is 46.5 Å². The number of carbonyl (C=O) groups excluding carboxylic acids is 1. The number of aliphatic hydroxyl groups is 1. The van der Waals surface area contributed by atoms with Crippen LogP contribution in [0.1, 0.15) is 6.42 Å². The highest BCUT2D eigenvalue weighted by atomic mass is 35.5.